The Morgan fingerprint density at radius 3 is 2.57 bits per heavy atom. The second-order valence-electron chi connectivity index (χ2n) is 2.73. The molecule has 0 saturated heterocycles. The van der Waals surface area contributed by atoms with Gasteiger partial charge in [0.15, 0.2) is 4.91 Å². The summed E-state index contributed by atoms with van der Waals surface area (Å²) in [4.78, 5) is 13.6. The summed E-state index contributed by atoms with van der Waals surface area (Å²) in [6, 6.07) is 10.2. The first-order chi connectivity index (χ1) is 6.79. The Hall–Kier alpha value is -2.06. The molecule has 0 spiro atoms. The Morgan fingerprint density at radius 1 is 1.29 bits per heavy atom. The highest BCUT2D eigenvalue weighted by Crippen LogP contribution is 2.13. The molecule has 2 rings (SSSR count). The lowest BCUT2D eigenvalue weighted by molar-refractivity contribution is 1.37. The van der Waals surface area contributed by atoms with Gasteiger partial charge in [-0.3, -0.25) is 10.5 Å². The van der Waals surface area contributed by atoms with E-state index >= 15 is 0 Å². The number of benzene rings is 1. The van der Waals surface area contributed by atoms with Crippen LogP contribution < -0.4 is 4.97 Å². The number of nitrogens with zero attached hydrogens (tertiary/aromatic N) is 3. The van der Waals surface area contributed by atoms with E-state index < -0.39 is 0 Å². The zero-order chi connectivity index (χ0) is 10.4. The summed E-state index contributed by atoms with van der Waals surface area (Å²) >= 11 is 0. The van der Waals surface area contributed by atoms with Crippen molar-refractivity contribution in [3.05, 3.63) is 52.5 Å². The minimum atomic E-state index is 1.08. The van der Waals surface area contributed by atoms with Crippen LogP contribution in [0.5, 0.6) is 0 Å². The second-order valence-corrected chi connectivity index (χ2v) is 2.73. The van der Waals surface area contributed by atoms with Crippen molar-refractivity contribution in [2.24, 2.45) is 0 Å². The Kier molecular flexibility index (Phi) is 3.47. The van der Waals surface area contributed by atoms with Crippen molar-refractivity contribution in [2.75, 3.05) is 0 Å². The third kappa shape index (κ3) is 2.21. The molecule has 0 N–H and O–H groups in total. The van der Waals surface area contributed by atoms with Crippen molar-refractivity contribution in [3.63, 3.8) is 0 Å². The molecule has 1 aromatic heterocycles. The Labute approximate surface area is 81.1 Å². The van der Waals surface area contributed by atoms with Crippen molar-refractivity contribution < 1.29 is 0 Å². The lowest BCUT2D eigenvalue weighted by atomic mass is 10.1. The van der Waals surface area contributed by atoms with Crippen molar-refractivity contribution in [2.45, 2.75) is 6.92 Å². The van der Waals surface area contributed by atoms with E-state index in [-0.39, 0.29) is 0 Å². The van der Waals surface area contributed by atoms with Crippen molar-refractivity contribution in [1.82, 2.24) is 9.96 Å². The third-order valence-corrected chi connectivity index (χ3v) is 1.87. The molecule has 2 aromatic rings. The molecule has 0 aliphatic carbocycles. The van der Waals surface area contributed by atoms with E-state index in [9.17, 15) is 0 Å². The van der Waals surface area contributed by atoms with Crippen LogP contribution in [0.2, 0.25) is 0 Å². The van der Waals surface area contributed by atoms with Gasteiger partial charge >= 0.3 is 0 Å². The molecule has 0 atom stereocenters. The van der Waals surface area contributed by atoms with Crippen LogP contribution in [0.4, 0.5) is 0 Å². The highest BCUT2D eigenvalue weighted by atomic mass is 16.2. The van der Waals surface area contributed by atoms with Crippen LogP contribution in [0.15, 0.2) is 36.5 Å². The fourth-order valence-electron chi connectivity index (χ4n) is 1.24. The number of hydrogen-bond acceptors (Lipinski definition) is 2. The number of hydrogen-bond donors (Lipinski definition) is 0. The van der Waals surface area contributed by atoms with Crippen molar-refractivity contribution in [1.29, 1.82) is 0 Å². The van der Waals surface area contributed by atoms with Gasteiger partial charge in [-0.1, -0.05) is 18.2 Å². The van der Waals surface area contributed by atoms with Gasteiger partial charge in [0.1, 0.15) is 4.97 Å². The van der Waals surface area contributed by atoms with Gasteiger partial charge in [0.2, 0.25) is 0 Å². The van der Waals surface area contributed by atoms with Crippen LogP contribution in [0.3, 0.4) is 0 Å². The summed E-state index contributed by atoms with van der Waals surface area (Å²) < 4.78 is 0. The maximum Gasteiger partial charge on any atom is 0.151 e. The van der Waals surface area contributed by atoms with E-state index in [1.165, 1.54) is 15.9 Å². The summed E-state index contributed by atoms with van der Waals surface area (Å²) in [6.45, 7) is 2.10. The van der Waals surface area contributed by atoms with E-state index in [2.05, 4.69) is 18.0 Å². The summed E-state index contributed by atoms with van der Waals surface area (Å²) in [6.07, 6.45) is 1.84. The van der Waals surface area contributed by atoms with Crippen molar-refractivity contribution >= 4 is 10.9 Å². The molecular formula is C10H9N3O. The van der Waals surface area contributed by atoms with Crippen LogP contribution in [-0.4, -0.2) is 4.98 Å². The first-order valence-corrected chi connectivity index (χ1v) is 4.06. The highest BCUT2D eigenvalue weighted by molar-refractivity contribution is 5.81. The van der Waals surface area contributed by atoms with Crippen molar-refractivity contribution in [3.8, 4) is 0 Å². The predicted molar refractivity (Wildman–Crippen MR) is 55.3 cm³/mol. The molecule has 0 saturated carbocycles. The number of rotatable bonds is 0. The SMILES string of the molecule is Cc1ccnc2ccccc12.[N-]=[N+]=O. The maximum absolute atomic E-state index is 8.11. The summed E-state index contributed by atoms with van der Waals surface area (Å²) in [5, 5.41) is 1.25. The van der Waals surface area contributed by atoms with Gasteiger partial charge in [0.25, 0.3) is 0 Å². The molecule has 0 aliphatic rings. The minimum absolute atomic E-state index is 1.08. The number of aryl methyl sites for hydroxylation is 1. The van der Waals surface area contributed by atoms with E-state index in [1.54, 1.807) is 0 Å². The molecule has 0 amide bonds. The molecule has 14 heavy (non-hydrogen) atoms. The summed E-state index contributed by atoms with van der Waals surface area (Å²) in [5.41, 5.74) is 9.00. The zero-order valence-corrected chi connectivity index (χ0v) is 7.71. The van der Waals surface area contributed by atoms with Gasteiger partial charge < -0.3 is 0 Å². The summed E-state index contributed by atoms with van der Waals surface area (Å²) in [7, 11) is 0. The number of para-hydroxylation sites is 1. The molecule has 70 valence electrons. The van der Waals surface area contributed by atoms with Gasteiger partial charge in [0.05, 0.1) is 5.52 Å². The standard InChI is InChI=1S/C10H9N.N2O/c1-8-6-7-11-10-5-3-2-4-9(8)10;1-2-3/h2-7H,1H3;. The first kappa shape index (κ1) is 10.0. The molecule has 1 aromatic carbocycles. The molecule has 0 aliphatic heterocycles. The molecule has 0 unspecified atom stereocenters. The number of fused-ring (bicyclic) bond motifs is 1. The van der Waals surface area contributed by atoms with E-state index in [0.29, 0.717) is 0 Å². The van der Waals surface area contributed by atoms with Crippen LogP contribution in [0.1, 0.15) is 5.56 Å². The molecule has 0 radical (unpaired) electrons. The lowest BCUT2D eigenvalue weighted by Crippen LogP contribution is -1.79. The molecule has 4 heteroatoms. The normalized spacial score (nSPS) is 8.64. The smallest absolute Gasteiger partial charge is 0.151 e. The molecule has 0 fully saturated rings. The average Bonchev–Trinajstić information content (AvgIpc) is 2.20. The van der Waals surface area contributed by atoms with Gasteiger partial charge in [-0.25, -0.2) is 0 Å². The monoisotopic (exact) mass is 187 g/mol. The summed E-state index contributed by atoms with van der Waals surface area (Å²) in [5.74, 6) is 0. The van der Waals surface area contributed by atoms with Gasteiger partial charge in [-0.2, -0.15) is 0 Å². The Bertz CT molecular complexity index is 456. The molecule has 1 heterocycles. The van der Waals surface area contributed by atoms with Gasteiger partial charge in [0, 0.05) is 11.6 Å². The van der Waals surface area contributed by atoms with E-state index in [1.807, 2.05) is 30.5 Å². The van der Waals surface area contributed by atoms with Gasteiger partial charge in [-0.05, 0) is 24.6 Å². The lowest BCUT2D eigenvalue weighted by Gasteiger charge is -1.97. The number of pyridine rings is 1. The Morgan fingerprint density at radius 2 is 1.93 bits per heavy atom. The van der Waals surface area contributed by atoms with Gasteiger partial charge in [-0.15, -0.1) is 0 Å². The zero-order valence-electron chi connectivity index (χ0n) is 7.71. The maximum atomic E-state index is 8.11. The van der Waals surface area contributed by atoms with E-state index in [0.717, 1.165) is 5.52 Å². The average molecular weight is 187 g/mol. The number of aromatic nitrogens is 1. The fraction of sp³-hybridized carbons (Fsp3) is 0.100. The predicted octanol–water partition coefficient (Wildman–Crippen LogP) is 2.38. The van der Waals surface area contributed by atoms with E-state index in [4.69, 9.17) is 10.4 Å². The largest absolute Gasteiger partial charge is 0.294 e. The third-order valence-electron chi connectivity index (χ3n) is 1.87. The molecule has 4 nitrogen and oxygen atoms in total. The van der Waals surface area contributed by atoms with Crippen LogP contribution in [-0.2, 0) is 0 Å². The second kappa shape index (κ2) is 4.84. The minimum Gasteiger partial charge on any atom is -0.294 e. The fourth-order valence-corrected chi connectivity index (χ4v) is 1.24. The topological polar surface area (TPSA) is 66.4 Å². The first-order valence-electron chi connectivity index (χ1n) is 4.06. The molecular weight excluding hydrogens is 178 g/mol. The van der Waals surface area contributed by atoms with Crippen LogP contribution in [0.25, 0.3) is 16.4 Å². The highest BCUT2D eigenvalue weighted by Gasteiger charge is 1.93. The Balaban J connectivity index is 0.000000293. The number of nitroso groups, excluding NO2 is 1. The van der Waals surface area contributed by atoms with Crippen LogP contribution in [0, 0.1) is 11.8 Å². The molecule has 0 bridgehead atoms. The quantitative estimate of drug-likeness (QED) is 0.469. The van der Waals surface area contributed by atoms with Crippen LogP contribution >= 0.6 is 0 Å².